The van der Waals surface area contributed by atoms with Gasteiger partial charge in [-0.25, -0.2) is 4.99 Å². The Bertz CT molecular complexity index is 916. The van der Waals surface area contributed by atoms with Crippen LogP contribution in [-0.2, 0) is 12.0 Å². The lowest BCUT2D eigenvalue weighted by atomic mass is 9.96. The maximum absolute atomic E-state index is 10.7. The van der Waals surface area contributed by atoms with Crippen LogP contribution in [0.25, 0.3) is 11.6 Å². The third-order valence-electron chi connectivity index (χ3n) is 4.28. The van der Waals surface area contributed by atoms with Gasteiger partial charge in [-0.15, -0.1) is 24.0 Å². The molecule has 8 nitrogen and oxygen atoms in total. The normalized spacial score (nSPS) is 13.2. The molecule has 2 heterocycles. The molecule has 3 rings (SSSR count). The summed E-state index contributed by atoms with van der Waals surface area (Å²) in [5, 5.41) is 21.1. The third-order valence-corrected chi connectivity index (χ3v) is 4.28. The van der Waals surface area contributed by atoms with Crippen molar-refractivity contribution >= 4 is 29.9 Å². The highest BCUT2D eigenvalue weighted by Gasteiger charge is 2.22. The molecule has 0 spiro atoms. The smallest absolute Gasteiger partial charge is 0.276 e. The van der Waals surface area contributed by atoms with Crippen LogP contribution in [0.2, 0.25) is 0 Å². The standard InChI is InChI=1S/C21H26N6O2.HI/c1-3-22-20(25-15-21(2,28)16-9-5-4-6-10-16)24-14-12-18-26-19(29-27-18)17-11-7-8-13-23-17;/h4-11,13,28H,3,12,14-15H2,1-2H3,(H2,22,24,25);1H. The van der Waals surface area contributed by atoms with Gasteiger partial charge in [0.1, 0.15) is 11.3 Å². The van der Waals surface area contributed by atoms with E-state index in [4.69, 9.17) is 4.52 Å². The number of pyridine rings is 1. The van der Waals surface area contributed by atoms with Crippen LogP contribution in [0.1, 0.15) is 25.2 Å². The molecule has 1 unspecified atom stereocenters. The Morgan fingerprint density at radius 3 is 2.60 bits per heavy atom. The van der Waals surface area contributed by atoms with E-state index in [1.165, 1.54) is 0 Å². The van der Waals surface area contributed by atoms with Crippen LogP contribution in [0.15, 0.2) is 64.2 Å². The molecule has 0 radical (unpaired) electrons. The number of guanidine groups is 1. The van der Waals surface area contributed by atoms with Gasteiger partial charge in [0.25, 0.3) is 5.89 Å². The Kier molecular flexibility index (Phi) is 9.18. The number of aliphatic hydroxyl groups is 1. The number of aliphatic imine (C=N–C) groups is 1. The van der Waals surface area contributed by atoms with Gasteiger partial charge >= 0.3 is 0 Å². The van der Waals surface area contributed by atoms with Crippen LogP contribution in [0.5, 0.6) is 0 Å². The first kappa shape index (κ1) is 23.7. The zero-order chi connectivity index (χ0) is 20.5. The second kappa shape index (κ2) is 11.6. The molecule has 0 fully saturated rings. The molecule has 0 aliphatic heterocycles. The van der Waals surface area contributed by atoms with Crippen LogP contribution >= 0.6 is 24.0 Å². The lowest BCUT2D eigenvalue weighted by Gasteiger charge is -2.22. The topological polar surface area (TPSA) is 108 Å². The number of hydrogen-bond acceptors (Lipinski definition) is 6. The Labute approximate surface area is 193 Å². The molecule has 0 saturated heterocycles. The van der Waals surface area contributed by atoms with E-state index in [0.717, 1.165) is 5.56 Å². The van der Waals surface area contributed by atoms with Crippen molar-refractivity contribution in [1.82, 2.24) is 25.8 Å². The van der Waals surface area contributed by atoms with Crippen molar-refractivity contribution < 1.29 is 9.63 Å². The van der Waals surface area contributed by atoms with Gasteiger partial charge < -0.3 is 20.3 Å². The van der Waals surface area contributed by atoms with E-state index in [-0.39, 0.29) is 30.5 Å². The molecule has 160 valence electrons. The zero-order valence-corrected chi connectivity index (χ0v) is 19.4. The summed E-state index contributed by atoms with van der Waals surface area (Å²) in [6.45, 7) is 5.27. The Morgan fingerprint density at radius 1 is 1.13 bits per heavy atom. The van der Waals surface area contributed by atoms with Gasteiger partial charge in [-0.05, 0) is 31.5 Å². The van der Waals surface area contributed by atoms with Gasteiger partial charge in [0.15, 0.2) is 11.8 Å². The summed E-state index contributed by atoms with van der Waals surface area (Å²) in [5.74, 6) is 1.61. The van der Waals surface area contributed by atoms with Gasteiger partial charge in [-0.2, -0.15) is 4.98 Å². The molecule has 0 saturated carbocycles. The summed E-state index contributed by atoms with van der Waals surface area (Å²) >= 11 is 0. The Morgan fingerprint density at radius 2 is 1.90 bits per heavy atom. The van der Waals surface area contributed by atoms with Crippen LogP contribution in [-0.4, -0.2) is 45.8 Å². The van der Waals surface area contributed by atoms with Crippen LogP contribution in [0.4, 0.5) is 0 Å². The SMILES string of the molecule is CCNC(=NCC(C)(O)c1ccccc1)NCCc1noc(-c2ccccn2)n1.I. The van der Waals surface area contributed by atoms with Gasteiger partial charge in [-0.3, -0.25) is 4.98 Å². The highest BCUT2D eigenvalue weighted by Crippen LogP contribution is 2.20. The van der Waals surface area contributed by atoms with Crippen molar-refractivity contribution in [2.45, 2.75) is 25.9 Å². The highest BCUT2D eigenvalue weighted by molar-refractivity contribution is 14.0. The molecular weight excluding hydrogens is 495 g/mol. The molecule has 0 amide bonds. The zero-order valence-electron chi connectivity index (χ0n) is 17.1. The van der Waals surface area contributed by atoms with Crippen LogP contribution in [0.3, 0.4) is 0 Å². The number of benzene rings is 1. The molecule has 3 aromatic rings. The predicted octanol–water partition coefficient (Wildman–Crippen LogP) is 2.75. The summed E-state index contributed by atoms with van der Waals surface area (Å²) in [6, 6.07) is 15.0. The number of nitrogens with one attached hydrogen (secondary N) is 2. The molecule has 30 heavy (non-hydrogen) atoms. The number of halogens is 1. The Hall–Kier alpha value is -2.53. The predicted molar refractivity (Wildman–Crippen MR) is 127 cm³/mol. The molecule has 9 heteroatoms. The lowest BCUT2D eigenvalue weighted by molar-refractivity contribution is 0.0672. The minimum absolute atomic E-state index is 0. The summed E-state index contributed by atoms with van der Waals surface area (Å²) < 4.78 is 5.27. The lowest BCUT2D eigenvalue weighted by Crippen LogP contribution is -2.39. The first-order chi connectivity index (χ1) is 14.1. The van der Waals surface area contributed by atoms with Crippen molar-refractivity contribution in [3.8, 4) is 11.6 Å². The quantitative estimate of drug-likeness (QED) is 0.237. The van der Waals surface area contributed by atoms with Gasteiger partial charge in [0.05, 0.1) is 6.54 Å². The molecule has 3 N–H and O–H groups in total. The van der Waals surface area contributed by atoms with Gasteiger partial charge in [0, 0.05) is 25.7 Å². The van der Waals surface area contributed by atoms with E-state index in [2.05, 4.69) is 30.8 Å². The van der Waals surface area contributed by atoms with E-state index in [9.17, 15) is 5.11 Å². The fraction of sp³-hybridized carbons (Fsp3) is 0.333. The van der Waals surface area contributed by atoms with E-state index < -0.39 is 5.60 Å². The molecule has 0 bridgehead atoms. The van der Waals surface area contributed by atoms with Crippen molar-refractivity contribution in [3.05, 3.63) is 66.1 Å². The number of hydrogen-bond donors (Lipinski definition) is 3. The summed E-state index contributed by atoms with van der Waals surface area (Å²) in [4.78, 5) is 13.1. The maximum Gasteiger partial charge on any atom is 0.276 e. The average molecular weight is 522 g/mol. The monoisotopic (exact) mass is 522 g/mol. The van der Waals surface area contributed by atoms with E-state index in [0.29, 0.717) is 42.9 Å². The highest BCUT2D eigenvalue weighted by atomic mass is 127. The van der Waals surface area contributed by atoms with Gasteiger partial charge in [0.2, 0.25) is 0 Å². The van der Waals surface area contributed by atoms with Crippen molar-refractivity contribution in [2.24, 2.45) is 4.99 Å². The molecule has 0 aliphatic rings. The fourth-order valence-corrected chi connectivity index (χ4v) is 2.70. The van der Waals surface area contributed by atoms with Crippen molar-refractivity contribution in [3.63, 3.8) is 0 Å². The van der Waals surface area contributed by atoms with Crippen molar-refractivity contribution in [2.75, 3.05) is 19.6 Å². The number of aromatic nitrogens is 3. The molecule has 0 aliphatic carbocycles. The van der Waals surface area contributed by atoms with Crippen molar-refractivity contribution in [1.29, 1.82) is 0 Å². The number of rotatable bonds is 8. The minimum atomic E-state index is -1.05. The fourth-order valence-electron chi connectivity index (χ4n) is 2.70. The summed E-state index contributed by atoms with van der Waals surface area (Å²) in [7, 11) is 0. The summed E-state index contributed by atoms with van der Waals surface area (Å²) in [5.41, 5.74) is 0.431. The second-order valence-electron chi connectivity index (χ2n) is 6.74. The molecule has 1 atom stereocenters. The van der Waals surface area contributed by atoms with Gasteiger partial charge in [-0.1, -0.05) is 41.6 Å². The van der Waals surface area contributed by atoms with Crippen LogP contribution in [0, 0.1) is 0 Å². The number of nitrogens with zero attached hydrogens (tertiary/aromatic N) is 4. The first-order valence-electron chi connectivity index (χ1n) is 9.62. The molecular formula is C21H27IN6O2. The van der Waals surface area contributed by atoms with E-state index in [1.807, 2.05) is 55.5 Å². The summed E-state index contributed by atoms with van der Waals surface area (Å²) in [6.07, 6.45) is 2.25. The third kappa shape index (κ3) is 6.77. The first-order valence-corrected chi connectivity index (χ1v) is 9.62. The minimum Gasteiger partial charge on any atom is -0.384 e. The average Bonchev–Trinajstić information content (AvgIpc) is 3.22. The molecule has 2 aromatic heterocycles. The molecule has 1 aromatic carbocycles. The Balaban J connectivity index is 0.00000320. The maximum atomic E-state index is 10.7. The second-order valence-corrected chi connectivity index (χ2v) is 6.74. The van der Waals surface area contributed by atoms with E-state index >= 15 is 0 Å². The van der Waals surface area contributed by atoms with Crippen LogP contribution < -0.4 is 10.6 Å². The van der Waals surface area contributed by atoms with E-state index in [1.54, 1.807) is 13.1 Å². The largest absolute Gasteiger partial charge is 0.384 e.